The molecule has 10 heteroatoms. The molecule has 3 aliphatic rings. The van der Waals surface area contributed by atoms with Crippen molar-refractivity contribution in [2.75, 3.05) is 38.5 Å². The molecule has 9 nitrogen and oxygen atoms in total. The molecule has 5 rings (SSSR count). The van der Waals surface area contributed by atoms with Gasteiger partial charge in [-0.1, -0.05) is 23.7 Å². The molecule has 0 aliphatic carbocycles. The zero-order valence-electron chi connectivity index (χ0n) is 22.4. The molecular weight excluding hydrogens is 518 g/mol. The van der Waals surface area contributed by atoms with Crippen molar-refractivity contribution in [3.05, 3.63) is 63.2 Å². The highest BCUT2D eigenvalue weighted by Crippen LogP contribution is 2.29. The first-order valence-electron chi connectivity index (χ1n) is 13.4. The molecule has 2 fully saturated rings. The smallest absolute Gasteiger partial charge is 0.255 e. The maximum absolute atomic E-state index is 13.1. The maximum Gasteiger partial charge on any atom is 0.255 e. The van der Waals surface area contributed by atoms with Crippen LogP contribution in [0.5, 0.6) is 0 Å². The van der Waals surface area contributed by atoms with Crippen LogP contribution >= 0.6 is 11.6 Å². The van der Waals surface area contributed by atoms with Crippen molar-refractivity contribution in [1.82, 2.24) is 20.0 Å². The Hall–Kier alpha value is -3.27. The summed E-state index contributed by atoms with van der Waals surface area (Å²) in [4.78, 5) is 55.9. The van der Waals surface area contributed by atoms with Crippen molar-refractivity contribution in [3.63, 3.8) is 0 Å². The lowest BCUT2D eigenvalue weighted by Crippen LogP contribution is -2.52. The lowest BCUT2D eigenvalue weighted by Gasteiger charge is -2.32. The molecule has 2 saturated heterocycles. The monoisotopic (exact) mass is 551 g/mol. The number of fused-ring (bicyclic) bond motifs is 1. The molecule has 1 unspecified atom stereocenters. The van der Waals surface area contributed by atoms with Gasteiger partial charge >= 0.3 is 0 Å². The predicted molar refractivity (Wildman–Crippen MR) is 148 cm³/mol. The molecule has 0 radical (unpaired) electrons. The number of benzene rings is 2. The number of nitrogens with zero attached hydrogens (tertiary/aromatic N) is 3. The summed E-state index contributed by atoms with van der Waals surface area (Å²) >= 11 is 6.51. The number of amides is 4. The van der Waals surface area contributed by atoms with E-state index in [4.69, 9.17) is 11.6 Å². The molecule has 3 aliphatic heterocycles. The summed E-state index contributed by atoms with van der Waals surface area (Å²) in [6.07, 6.45) is 1.28. The maximum atomic E-state index is 13.1. The summed E-state index contributed by atoms with van der Waals surface area (Å²) in [5.74, 6) is -1.07. The van der Waals surface area contributed by atoms with Gasteiger partial charge in [-0.15, -0.1) is 0 Å². The fourth-order valence-electron chi connectivity index (χ4n) is 5.46. The number of imide groups is 1. The van der Waals surface area contributed by atoms with Crippen LogP contribution in [0.1, 0.15) is 51.9 Å². The number of hydrogen-bond donors (Lipinski definition) is 2. The first-order valence-corrected chi connectivity index (χ1v) is 13.8. The van der Waals surface area contributed by atoms with Gasteiger partial charge in [0.05, 0.1) is 0 Å². The zero-order chi connectivity index (χ0) is 27.7. The van der Waals surface area contributed by atoms with E-state index in [-0.39, 0.29) is 30.6 Å². The molecule has 0 aromatic heterocycles. The second-order valence-electron chi connectivity index (χ2n) is 10.8. The van der Waals surface area contributed by atoms with Crippen molar-refractivity contribution in [2.24, 2.45) is 0 Å². The van der Waals surface area contributed by atoms with Crippen molar-refractivity contribution in [3.8, 4) is 0 Å². The number of carbonyl (C=O) groups is 4. The summed E-state index contributed by atoms with van der Waals surface area (Å²) in [7, 11) is 2.13. The summed E-state index contributed by atoms with van der Waals surface area (Å²) in [6.45, 7) is 7.21. The lowest BCUT2D eigenvalue weighted by atomic mass is 10.0. The fourth-order valence-corrected chi connectivity index (χ4v) is 5.70. The van der Waals surface area contributed by atoms with E-state index in [0.717, 1.165) is 55.0 Å². The number of piperidine rings is 1. The van der Waals surface area contributed by atoms with Crippen LogP contribution in [0.4, 0.5) is 5.69 Å². The molecule has 2 N–H and O–H groups in total. The van der Waals surface area contributed by atoms with E-state index in [1.54, 1.807) is 6.07 Å². The van der Waals surface area contributed by atoms with Gasteiger partial charge in [0.2, 0.25) is 17.7 Å². The zero-order valence-corrected chi connectivity index (χ0v) is 23.1. The number of anilines is 1. The van der Waals surface area contributed by atoms with Gasteiger partial charge in [0.15, 0.2) is 0 Å². The third kappa shape index (κ3) is 6.16. The van der Waals surface area contributed by atoms with Gasteiger partial charge in [-0.3, -0.25) is 29.4 Å². The number of halogens is 1. The molecule has 1 atom stereocenters. The van der Waals surface area contributed by atoms with E-state index in [1.165, 1.54) is 4.90 Å². The first-order chi connectivity index (χ1) is 18.7. The number of nitrogens with one attached hydrogen (secondary N) is 2. The van der Waals surface area contributed by atoms with Crippen LogP contribution in [0.2, 0.25) is 5.02 Å². The molecule has 4 amide bonds. The van der Waals surface area contributed by atoms with Crippen molar-refractivity contribution in [1.29, 1.82) is 0 Å². The van der Waals surface area contributed by atoms with E-state index in [9.17, 15) is 19.2 Å². The molecule has 0 saturated carbocycles. The minimum absolute atomic E-state index is 0.127. The average Bonchev–Trinajstić information content (AvgIpc) is 3.22. The van der Waals surface area contributed by atoms with Gasteiger partial charge in [0.25, 0.3) is 5.91 Å². The molecule has 3 heterocycles. The molecule has 206 valence electrons. The van der Waals surface area contributed by atoms with Crippen LogP contribution in [0.15, 0.2) is 30.3 Å². The molecular formula is C29H34ClN5O4. The van der Waals surface area contributed by atoms with Crippen LogP contribution in [0.25, 0.3) is 0 Å². The molecule has 2 aromatic carbocycles. The lowest BCUT2D eigenvalue weighted by molar-refractivity contribution is -0.137. The van der Waals surface area contributed by atoms with Gasteiger partial charge in [0.1, 0.15) is 6.04 Å². The Morgan fingerprint density at radius 2 is 1.87 bits per heavy atom. The normalized spacial score (nSPS) is 20.2. The summed E-state index contributed by atoms with van der Waals surface area (Å²) in [5, 5.41) is 5.94. The summed E-state index contributed by atoms with van der Waals surface area (Å²) in [5.41, 5.74) is 5.10. The third-order valence-corrected chi connectivity index (χ3v) is 8.35. The topological polar surface area (TPSA) is 102 Å². The van der Waals surface area contributed by atoms with Gasteiger partial charge in [0, 0.05) is 68.4 Å². The van der Waals surface area contributed by atoms with E-state index in [2.05, 4.69) is 27.5 Å². The Bertz CT molecular complexity index is 1320. The van der Waals surface area contributed by atoms with Gasteiger partial charge in [-0.05, 0) is 67.3 Å². The number of aryl methyl sites for hydroxylation is 1. The predicted octanol–water partition coefficient (Wildman–Crippen LogP) is 2.73. The summed E-state index contributed by atoms with van der Waals surface area (Å²) in [6, 6.07) is 8.78. The van der Waals surface area contributed by atoms with Crippen LogP contribution in [-0.2, 0) is 33.9 Å². The number of carbonyl (C=O) groups excluding carboxylic acids is 4. The number of piperazine rings is 1. The van der Waals surface area contributed by atoms with Crippen molar-refractivity contribution >= 4 is 40.9 Å². The van der Waals surface area contributed by atoms with E-state index >= 15 is 0 Å². The SMILES string of the molecule is Cc1c(Cl)cc(NC(=O)CCc2ccc3c(c2)C(=O)N(C2CCC(=O)NC2=O)C3)cc1CN1CCN(C)CC1. The number of hydrogen-bond acceptors (Lipinski definition) is 6. The van der Waals surface area contributed by atoms with Crippen molar-refractivity contribution in [2.45, 2.75) is 51.7 Å². The Morgan fingerprint density at radius 3 is 2.62 bits per heavy atom. The van der Waals surface area contributed by atoms with Crippen molar-refractivity contribution < 1.29 is 19.2 Å². The van der Waals surface area contributed by atoms with Gasteiger partial charge < -0.3 is 15.1 Å². The van der Waals surface area contributed by atoms with Gasteiger partial charge in [-0.25, -0.2) is 0 Å². The van der Waals surface area contributed by atoms with E-state index in [1.807, 2.05) is 31.2 Å². The van der Waals surface area contributed by atoms with Crippen LogP contribution < -0.4 is 10.6 Å². The highest BCUT2D eigenvalue weighted by atomic mass is 35.5. The van der Waals surface area contributed by atoms with Gasteiger partial charge in [-0.2, -0.15) is 0 Å². The fraction of sp³-hybridized carbons (Fsp3) is 0.448. The standard InChI is InChI=1S/C29H34ClN5O4/c1-18-21(16-34-11-9-33(2)10-12-34)14-22(15-24(18)30)31-26(36)7-4-19-3-5-20-17-35(29(39)23(20)13-19)25-6-8-27(37)32-28(25)38/h3,5,13-15,25H,4,6-12,16-17H2,1-2H3,(H,31,36)(H,32,37,38). The Balaban J connectivity index is 1.19. The molecule has 2 aromatic rings. The van der Waals surface area contributed by atoms with E-state index < -0.39 is 11.9 Å². The second kappa shape index (κ2) is 11.5. The van der Waals surface area contributed by atoms with Crippen LogP contribution in [0, 0.1) is 6.92 Å². The van der Waals surface area contributed by atoms with Crippen LogP contribution in [-0.4, -0.2) is 77.6 Å². The minimum atomic E-state index is -0.640. The Kier molecular flexibility index (Phi) is 8.02. The quantitative estimate of drug-likeness (QED) is 0.513. The minimum Gasteiger partial charge on any atom is -0.326 e. The summed E-state index contributed by atoms with van der Waals surface area (Å²) < 4.78 is 0. The average molecular weight is 552 g/mol. The third-order valence-electron chi connectivity index (χ3n) is 7.96. The Labute approximate surface area is 233 Å². The second-order valence-corrected chi connectivity index (χ2v) is 11.2. The largest absolute Gasteiger partial charge is 0.326 e. The first kappa shape index (κ1) is 27.3. The van der Waals surface area contributed by atoms with Crippen LogP contribution in [0.3, 0.4) is 0 Å². The number of likely N-dealkylation sites (N-methyl/N-ethyl adjacent to an activating group) is 1. The molecule has 39 heavy (non-hydrogen) atoms. The molecule has 0 spiro atoms. The molecule has 0 bridgehead atoms. The van der Waals surface area contributed by atoms with E-state index in [0.29, 0.717) is 35.7 Å². The Morgan fingerprint density at radius 1 is 1.10 bits per heavy atom. The highest BCUT2D eigenvalue weighted by Gasteiger charge is 2.39. The number of rotatable bonds is 7. The highest BCUT2D eigenvalue weighted by molar-refractivity contribution is 6.31.